The Morgan fingerprint density at radius 1 is 1.26 bits per heavy atom. The maximum Gasteiger partial charge on any atom is 0.258 e. The van der Waals surface area contributed by atoms with Gasteiger partial charge in [-0.2, -0.15) is 0 Å². The van der Waals surface area contributed by atoms with Crippen LogP contribution in [0.25, 0.3) is 10.9 Å². The van der Waals surface area contributed by atoms with Crippen molar-refractivity contribution in [3.05, 3.63) is 82.2 Å². The van der Waals surface area contributed by atoms with Gasteiger partial charge in [0, 0.05) is 17.8 Å². The average molecular weight is 418 g/mol. The van der Waals surface area contributed by atoms with Crippen LogP contribution in [0.3, 0.4) is 0 Å². The molecule has 1 unspecified atom stereocenters. The first-order valence-corrected chi connectivity index (χ1v) is 10.4. The highest BCUT2D eigenvalue weighted by molar-refractivity contribution is 5.77. The Morgan fingerprint density at radius 3 is 2.90 bits per heavy atom. The molecule has 1 N–H and O–H groups in total. The van der Waals surface area contributed by atoms with Crippen LogP contribution in [-0.4, -0.2) is 26.5 Å². The van der Waals surface area contributed by atoms with Crippen molar-refractivity contribution in [2.24, 2.45) is 11.3 Å². The van der Waals surface area contributed by atoms with E-state index in [0.717, 1.165) is 12.1 Å². The van der Waals surface area contributed by atoms with Crippen LogP contribution >= 0.6 is 0 Å². The monoisotopic (exact) mass is 418 g/mol. The van der Waals surface area contributed by atoms with E-state index in [1.807, 2.05) is 38.1 Å². The summed E-state index contributed by atoms with van der Waals surface area (Å²) in [5, 5.41) is 0.563. The molecule has 0 aliphatic heterocycles. The van der Waals surface area contributed by atoms with Gasteiger partial charge in [0.2, 0.25) is 0 Å². The molecule has 1 saturated carbocycles. The zero-order chi connectivity index (χ0) is 21.6. The van der Waals surface area contributed by atoms with Gasteiger partial charge < -0.3 is 9.72 Å². The number of nitrogens with one attached hydrogen (secondary N) is 1. The van der Waals surface area contributed by atoms with Crippen LogP contribution < -0.4 is 10.3 Å². The quantitative estimate of drug-likeness (QED) is 0.668. The molecule has 5 rings (SSSR count). The van der Waals surface area contributed by atoms with E-state index in [-0.39, 0.29) is 28.6 Å². The van der Waals surface area contributed by atoms with Crippen LogP contribution in [-0.2, 0) is 0 Å². The molecule has 1 aromatic carbocycles. The van der Waals surface area contributed by atoms with Crippen molar-refractivity contribution in [2.75, 3.05) is 6.61 Å². The number of H-pyrrole nitrogens is 1. The van der Waals surface area contributed by atoms with Crippen LogP contribution in [0.1, 0.15) is 36.1 Å². The molecule has 3 atom stereocenters. The van der Waals surface area contributed by atoms with Crippen molar-refractivity contribution in [3.63, 3.8) is 0 Å². The third-order valence-corrected chi connectivity index (χ3v) is 6.40. The first-order valence-electron chi connectivity index (χ1n) is 10.4. The Balaban J connectivity index is 1.48. The highest BCUT2D eigenvalue weighted by Gasteiger charge is 2.61. The number of rotatable bonds is 5. The van der Waals surface area contributed by atoms with Crippen molar-refractivity contribution in [3.8, 4) is 5.75 Å². The second-order valence-electron chi connectivity index (χ2n) is 8.42. The SMILES string of the molecule is Cc1ncc(OC[C@@]2(C3C=CC=C(F)C3)C[C@H]2c2nc3ccccc3c(=O)[nH]2)c(C)n1. The van der Waals surface area contributed by atoms with Gasteiger partial charge in [-0.05, 0) is 44.4 Å². The fraction of sp³-hybridized carbons (Fsp3) is 0.333. The van der Waals surface area contributed by atoms with Crippen molar-refractivity contribution >= 4 is 10.9 Å². The number of allylic oxidation sites excluding steroid dienone is 4. The first-order chi connectivity index (χ1) is 15.0. The summed E-state index contributed by atoms with van der Waals surface area (Å²) in [7, 11) is 0. The molecular formula is C24H23FN4O2. The predicted molar refractivity (Wildman–Crippen MR) is 116 cm³/mol. The summed E-state index contributed by atoms with van der Waals surface area (Å²) in [4.78, 5) is 28.9. The lowest BCUT2D eigenvalue weighted by molar-refractivity contribution is 0.181. The molecule has 0 radical (unpaired) electrons. The predicted octanol–water partition coefficient (Wildman–Crippen LogP) is 4.31. The van der Waals surface area contributed by atoms with Gasteiger partial charge in [-0.25, -0.2) is 19.3 Å². The Morgan fingerprint density at radius 2 is 2.10 bits per heavy atom. The maximum absolute atomic E-state index is 14.1. The number of hydrogen-bond acceptors (Lipinski definition) is 5. The summed E-state index contributed by atoms with van der Waals surface area (Å²) in [5.74, 6) is 1.71. The normalized spacial score (nSPS) is 24.8. The van der Waals surface area contributed by atoms with Gasteiger partial charge in [0.25, 0.3) is 5.56 Å². The molecule has 158 valence electrons. The Bertz CT molecular complexity index is 1280. The van der Waals surface area contributed by atoms with E-state index >= 15 is 0 Å². The Labute approximate surface area is 178 Å². The third-order valence-electron chi connectivity index (χ3n) is 6.40. The molecule has 2 aromatic heterocycles. The van der Waals surface area contributed by atoms with E-state index in [1.54, 1.807) is 18.3 Å². The average Bonchev–Trinajstić information content (AvgIpc) is 3.49. The number of hydrogen-bond donors (Lipinski definition) is 1. The number of aryl methyl sites for hydroxylation is 2. The summed E-state index contributed by atoms with van der Waals surface area (Å²) in [5.41, 5.74) is 0.909. The van der Waals surface area contributed by atoms with E-state index < -0.39 is 0 Å². The van der Waals surface area contributed by atoms with Gasteiger partial charge in [-0.1, -0.05) is 24.3 Å². The minimum absolute atomic E-state index is 0.0305. The van der Waals surface area contributed by atoms with Crippen LogP contribution in [0.5, 0.6) is 5.75 Å². The van der Waals surface area contributed by atoms with E-state index in [2.05, 4.69) is 15.0 Å². The molecule has 2 heterocycles. The minimum atomic E-state index is -0.363. The van der Waals surface area contributed by atoms with Gasteiger partial charge in [0.05, 0.1) is 29.4 Å². The van der Waals surface area contributed by atoms with E-state index in [0.29, 0.717) is 41.3 Å². The fourth-order valence-electron chi connectivity index (χ4n) is 4.60. The topological polar surface area (TPSA) is 80.8 Å². The molecular weight excluding hydrogens is 395 g/mol. The maximum atomic E-state index is 14.1. The van der Waals surface area contributed by atoms with Crippen molar-refractivity contribution < 1.29 is 9.13 Å². The largest absolute Gasteiger partial charge is 0.489 e. The summed E-state index contributed by atoms with van der Waals surface area (Å²) in [6, 6.07) is 7.29. The molecule has 3 aromatic rings. The highest BCUT2D eigenvalue weighted by Crippen LogP contribution is 2.65. The number of nitrogens with zero attached hydrogens (tertiary/aromatic N) is 3. The molecule has 0 saturated heterocycles. The number of fused-ring (bicyclic) bond motifs is 1. The summed E-state index contributed by atoms with van der Waals surface area (Å²) in [6.07, 6.45) is 8.04. The molecule has 31 heavy (non-hydrogen) atoms. The van der Waals surface area contributed by atoms with E-state index in [1.165, 1.54) is 6.08 Å². The van der Waals surface area contributed by atoms with Gasteiger partial charge in [-0.15, -0.1) is 0 Å². The summed E-state index contributed by atoms with van der Waals surface area (Å²) in [6.45, 7) is 4.08. The molecule has 6 nitrogen and oxygen atoms in total. The molecule has 0 spiro atoms. The Hall–Kier alpha value is -3.35. The number of para-hydroxylation sites is 1. The lowest BCUT2D eigenvalue weighted by Gasteiger charge is -2.27. The fourth-order valence-corrected chi connectivity index (χ4v) is 4.60. The number of aromatic nitrogens is 4. The summed E-state index contributed by atoms with van der Waals surface area (Å²) >= 11 is 0. The van der Waals surface area contributed by atoms with Crippen molar-refractivity contribution in [1.82, 2.24) is 19.9 Å². The van der Waals surface area contributed by atoms with Gasteiger partial charge >= 0.3 is 0 Å². The minimum Gasteiger partial charge on any atom is -0.489 e. The highest BCUT2D eigenvalue weighted by atomic mass is 19.1. The lowest BCUT2D eigenvalue weighted by Crippen LogP contribution is -2.26. The van der Waals surface area contributed by atoms with E-state index in [4.69, 9.17) is 9.72 Å². The van der Waals surface area contributed by atoms with Crippen LogP contribution in [0.4, 0.5) is 4.39 Å². The molecule has 0 amide bonds. The van der Waals surface area contributed by atoms with Gasteiger partial charge in [0.15, 0.2) is 5.75 Å². The van der Waals surface area contributed by atoms with Crippen LogP contribution in [0, 0.1) is 25.2 Å². The number of aromatic amines is 1. The van der Waals surface area contributed by atoms with Crippen LogP contribution in [0.2, 0.25) is 0 Å². The smallest absolute Gasteiger partial charge is 0.258 e. The van der Waals surface area contributed by atoms with Crippen LogP contribution in [0.15, 0.2) is 59.3 Å². The van der Waals surface area contributed by atoms with Crippen molar-refractivity contribution in [2.45, 2.75) is 32.6 Å². The first kappa shape index (κ1) is 19.6. The molecule has 2 aliphatic carbocycles. The zero-order valence-corrected chi connectivity index (χ0v) is 17.4. The number of ether oxygens (including phenoxy) is 1. The lowest BCUT2D eigenvalue weighted by atomic mass is 9.82. The number of halogens is 1. The van der Waals surface area contributed by atoms with E-state index in [9.17, 15) is 9.18 Å². The second-order valence-corrected chi connectivity index (χ2v) is 8.42. The standard InChI is InChI=1S/C24H23FN4O2/c1-14-21(12-26-15(2)27-14)31-13-24(16-6-5-7-17(25)10-16)11-19(24)22-28-20-9-4-3-8-18(20)23(30)29-22/h3-9,12,16,19H,10-11,13H2,1-2H3,(H,28,29,30)/t16?,19-,24+/m0/s1. The Kier molecular flexibility index (Phi) is 4.68. The third kappa shape index (κ3) is 3.54. The second kappa shape index (κ2) is 7.41. The van der Waals surface area contributed by atoms with Gasteiger partial charge in [-0.3, -0.25) is 4.79 Å². The van der Waals surface area contributed by atoms with Crippen molar-refractivity contribution in [1.29, 1.82) is 0 Å². The number of benzene rings is 1. The zero-order valence-electron chi connectivity index (χ0n) is 17.4. The molecule has 1 fully saturated rings. The molecule has 2 aliphatic rings. The molecule has 0 bridgehead atoms. The summed E-state index contributed by atoms with van der Waals surface area (Å²) < 4.78 is 20.3. The molecule has 7 heteroatoms. The van der Waals surface area contributed by atoms with Gasteiger partial charge in [0.1, 0.15) is 17.5 Å².